The van der Waals surface area contributed by atoms with E-state index in [1.165, 1.54) is 32.0 Å². The first kappa shape index (κ1) is 15.6. The molecule has 3 nitrogen and oxygen atoms in total. The van der Waals surface area contributed by atoms with Gasteiger partial charge < -0.3 is 10.6 Å². The Morgan fingerprint density at radius 1 is 1.42 bits per heavy atom. The van der Waals surface area contributed by atoms with Crippen LogP contribution in [0.4, 0.5) is 18.9 Å². The number of halogens is 4. The number of nitrogens with two attached hydrogens (primary N) is 1. The second-order valence-corrected chi connectivity index (χ2v) is 4.75. The van der Waals surface area contributed by atoms with Gasteiger partial charge in [-0.1, -0.05) is 17.7 Å². The molecule has 106 valence electrons. The Morgan fingerprint density at radius 2 is 2.00 bits per heavy atom. The lowest BCUT2D eigenvalue weighted by Crippen LogP contribution is -2.43. The van der Waals surface area contributed by atoms with E-state index in [1.54, 1.807) is 0 Å². The summed E-state index contributed by atoms with van der Waals surface area (Å²) in [5, 5.41) is 0.140. The zero-order chi connectivity index (χ0) is 14.8. The Kier molecular flexibility index (Phi) is 4.68. The van der Waals surface area contributed by atoms with Gasteiger partial charge in [0.1, 0.15) is 6.54 Å². The van der Waals surface area contributed by atoms with Crippen LogP contribution in [0.3, 0.4) is 0 Å². The Labute approximate surface area is 114 Å². The van der Waals surface area contributed by atoms with Crippen molar-refractivity contribution in [1.82, 2.24) is 4.90 Å². The molecule has 0 aromatic heterocycles. The summed E-state index contributed by atoms with van der Waals surface area (Å²) in [6.07, 6.45) is -4.47. The zero-order valence-electron chi connectivity index (χ0n) is 10.5. The second-order valence-electron chi connectivity index (χ2n) is 4.34. The number of anilines is 1. The average Bonchev–Trinajstić information content (AvgIpc) is 2.27. The first-order valence-electron chi connectivity index (χ1n) is 5.55. The third-order valence-electron chi connectivity index (χ3n) is 2.52. The van der Waals surface area contributed by atoms with Gasteiger partial charge in [0.25, 0.3) is 5.91 Å². The lowest BCUT2D eigenvalue weighted by Gasteiger charge is -2.28. The van der Waals surface area contributed by atoms with Crippen LogP contribution in [0.1, 0.15) is 24.2 Å². The Hall–Kier alpha value is -1.43. The van der Waals surface area contributed by atoms with E-state index in [2.05, 4.69) is 0 Å². The summed E-state index contributed by atoms with van der Waals surface area (Å²) in [5.74, 6) is -0.785. The third-order valence-corrected chi connectivity index (χ3v) is 2.85. The predicted octanol–water partition coefficient (Wildman–Crippen LogP) is 3.34. The van der Waals surface area contributed by atoms with Crippen molar-refractivity contribution >= 4 is 23.2 Å². The summed E-state index contributed by atoms with van der Waals surface area (Å²) in [7, 11) is 0. The van der Waals surface area contributed by atoms with Crippen molar-refractivity contribution in [3.63, 3.8) is 0 Å². The van der Waals surface area contributed by atoms with E-state index in [-0.39, 0.29) is 16.3 Å². The molecule has 0 fully saturated rings. The van der Waals surface area contributed by atoms with Crippen LogP contribution in [-0.4, -0.2) is 29.6 Å². The number of carbonyl (C=O) groups excluding carboxylic acids is 1. The first-order valence-corrected chi connectivity index (χ1v) is 5.93. The summed E-state index contributed by atoms with van der Waals surface area (Å²) in [4.78, 5) is 12.8. The van der Waals surface area contributed by atoms with E-state index in [9.17, 15) is 18.0 Å². The van der Waals surface area contributed by atoms with Gasteiger partial charge in [-0.05, 0) is 26.0 Å². The molecule has 19 heavy (non-hydrogen) atoms. The number of benzene rings is 1. The number of hydrogen-bond donors (Lipinski definition) is 1. The van der Waals surface area contributed by atoms with Crippen molar-refractivity contribution in [1.29, 1.82) is 0 Å². The van der Waals surface area contributed by atoms with Gasteiger partial charge in [0.15, 0.2) is 0 Å². The number of hydrogen-bond acceptors (Lipinski definition) is 2. The van der Waals surface area contributed by atoms with Gasteiger partial charge in [0, 0.05) is 6.04 Å². The van der Waals surface area contributed by atoms with Gasteiger partial charge >= 0.3 is 6.18 Å². The maximum atomic E-state index is 12.5. The average molecular weight is 295 g/mol. The normalized spacial score (nSPS) is 11.7. The molecule has 0 aliphatic heterocycles. The Balaban J connectivity index is 3.10. The molecule has 7 heteroatoms. The number of nitrogens with zero attached hydrogens (tertiary/aromatic N) is 1. The molecule has 1 aromatic carbocycles. The molecular weight excluding hydrogens is 281 g/mol. The lowest BCUT2D eigenvalue weighted by molar-refractivity contribution is -0.143. The lowest BCUT2D eigenvalue weighted by atomic mass is 10.1. The monoisotopic (exact) mass is 294 g/mol. The van der Waals surface area contributed by atoms with Crippen LogP contribution in [0, 0.1) is 0 Å². The number of rotatable bonds is 3. The predicted molar refractivity (Wildman–Crippen MR) is 68.1 cm³/mol. The first-order chi connectivity index (χ1) is 8.63. The zero-order valence-corrected chi connectivity index (χ0v) is 11.2. The molecule has 0 aliphatic carbocycles. The van der Waals surface area contributed by atoms with Gasteiger partial charge in [0.2, 0.25) is 0 Å². The fourth-order valence-electron chi connectivity index (χ4n) is 1.56. The highest BCUT2D eigenvalue weighted by atomic mass is 35.5. The van der Waals surface area contributed by atoms with E-state index < -0.39 is 24.7 Å². The third kappa shape index (κ3) is 4.02. The highest BCUT2D eigenvalue weighted by Gasteiger charge is 2.35. The Morgan fingerprint density at radius 3 is 2.47 bits per heavy atom. The molecule has 1 amide bonds. The number of alkyl halides is 3. The Bertz CT molecular complexity index is 475. The topological polar surface area (TPSA) is 46.3 Å². The van der Waals surface area contributed by atoms with Gasteiger partial charge in [-0.2, -0.15) is 13.2 Å². The number of amides is 1. The fraction of sp³-hybridized carbons (Fsp3) is 0.417. The van der Waals surface area contributed by atoms with Crippen LogP contribution in [0.5, 0.6) is 0 Å². The molecule has 0 spiro atoms. The quantitative estimate of drug-likeness (QED) is 0.869. The number of nitrogen functional groups attached to an aromatic ring is 1. The fourth-order valence-corrected chi connectivity index (χ4v) is 1.73. The van der Waals surface area contributed by atoms with Crippen LogP contribution in [-0.2, 0) is 0 Å². The van der Waals surface area contributed by atoms with Crippen LogP contribution in [0.2, 0.25) is 5.02 Å². The molecule has 0 bridgehead atoms. The molecule has 1 aromatic rings. The summed E-state index contributed by atoms with van der Waals surface area (Å²) in [6, 6.07) is 3.69. The van der Waals surface area contributed by atoms with E-state index in [0.29, 0.717) is 4.90 Å². The highest BCUT2D eigenvalue weighted by molar-refractivity contribution is 6.33. The smallest absolute Gasteiger partial charge is 0.397 e. The van der Waals surface area contributed by atoms with Crippen molar-refractivity contribution in [3.05, 3.63) is 28.8 Å². The maximum absolute atomic E-state index is 12.5. The molecule has 0 atom stereocenters. The van der Waals surface area contributed by atoms with E-state index >= 15 is 0 Å². The van der Waals surface area contributed by atoms with Gasteiger partial charge in [-0.3, -0.25) is 4.79 Å². The van der Waals surface area contributed by atoms with E-state index in [4.69, 9.17) is 17.3 Å². The SMILES string of the molecule is CC(C)N(CC(F)(F)F)C(=O)c1cccc(Cl)c1N. The second kappa shape index (κ2) is 5.69. The molecule has 0 aliphatic rings. The van der Waals surface area contributed by atoms with Gasteiger partial charge in [-0.25, -0.2) is 0 Å². The molecule has 2 N–H and O–H groups in total. The van der Waals surface area contributed by atoms with Crippen LogP contribution < -0.4 is 5.73 Å². The molecule has 0 radical (unpaired) electrons. The van der Waals surface area contributed by atoms with Crippen LogP contribution >= 0.6 is 11.6 Å². The maximum Gasteiger partial charge on any atom is 0.406 e. The molecule has 1 rings (SSSR count). The van der Waals surface area contributed by atoms with E-state index in [1.807, 2.05) is 0 Å². The minimum absolute atomic E-state index is 0.0120. The summed E-state index contributed by atoms with van der Waals surface area (Å²) >= 11 is 5.76. The highest BCUT2D eigenvalue weighted by Crippen LogP contribution is 2.26. The summed E-state index contributed by atoms with van der Waals surface area (Å²) < 4.78 is 37.4. The van der Waals surface area contributed by atoms with Crippen LogP contribution in [0.15, 0.2) is 18.2 Å². The molecule has 0 saturated heterocycles. The van der Waals surface area contributed by atoms with Crippen molar-refractivity contribution in [2.24, 2.45) is 0 Å². The number of carbonyl (C=O) groups is 1. The van der Waals surface area contributed by atoms with Crippen molar-refractivity contribution < 1.29 is 18.0 Å². The molecular formula is C12H14ClF3N2O. The largest absolute Gasteiger partial charge is 0.406 e. The minimum Gasteiger partial charge on any atom is -0.397 e. The molecule has 0 unspecified atom stereocenters. The molecule has 0 saturated carbocycles. The van der Waals surface area contributed by atoms with Crippen LogP contribution in [0.25, 0.3) is 0 Å². The standard InChI is InChI=1S/C12H14ClF3N2O/c1-7(2)18(6-12(14,15)16)11(19)8-4-3-5-9(13)10(8)17/h3-5,7H,6,17H2,1-2H3. The van der Waals surface area contributed by atoms with Gasteiger partial charge in [0.05, 0.1) is 16.3 Å². The molecule has 0 heterocycles. The summed E-state index contributed by atoms with van der Waals surface area (Å²) in [6.45, 7) is 1.68. The van der Waals surface area contributed by atoms with Crippen molar-refractivity contribution in [2.75, 3.05) is 12.3 Å². The van der Waals surface area contributed by atoms with Gasteiger partial charge in [-0.15, -0.1) is 0 Å². The number of para-hydroxylation sites is 1. The summed E-state index contributed by atoms with van der Waals surface area (Å²) in [5.41, 5.74) is 5.59. The van der Waals surface area contributed by atoms with E-state index in [0.717, 1.165) is 0 Å². The van der Waals surface area contributed by atoms with Crippen molar-refractivity contribution in [2.45, 2.75) is 26.1 Å². The van der Waals surface area contributed by atoms with Crippen molar-refractivity contribution in [3.8, 4) is 0 Å². The minimum atomic E-state index is -4.47.